The predicted octanol–water partition coefficient (Wildman–Crippen LogP) is 9.52. The predicted molar refractivity (Wildman–Crippen MR) is 131 cm³/mol. The molecule has 30 heavy (non-hydrogen) atoms. The molecule has 0 nitrogen and oxygen atoms in total. The molecule has 8 atom stereocenters. The van der Waals surface area contributed by atoms with Gasteiger partial charge >= 0.3 is 0 Å². The van der Waals surface area contributed by atoms with Crippen LogP contribution in [0.2, 0.25) is 0 Å². The maximum atomic E-state index is 2.78. The van der Waals surface area contributed by atoms with E-state index in [1.165, 1.54) is 77.0 Å². The largest absolute Gasteiger partial charge is 0.0628 e. The van der Waals surface area contributed by atoms with Crippen molar-refractivity contribution in [3.63, 3.8) is 0 Å². The molecule has 8 unspecified atom stereocenters. The van der Waals surface area contributed by atoms with Crippen molar-refractivity contribution in [2.75, 3.05) is 0 Å². The molecule has 0 saturated heterocycles. The average molecular weight is 415 g/mol. The van der Waals surface area contributed by atoms with E-state index in [4.69, 9.17) is 0 Å². The Labute approximate surface area is 189 Å². The van der Waals surface area contributed by atoms with Crippen LogP contribution in [0.5, 0.6) is 0 Å². The van der Waals surface area contributed by atoms with Crippen LogP contribution in [0.1, 0.15) is 132 Å². The van der Waals surface area contributed by atoms with Gasteiger partial charge in [-0.3, -0.25) is 0 Å². The molecule has 0 aromatic heterocycles. The Balaban J connectivity index is 1.56. The summed E-state index contributed by atoms with van der Waals surface area (Å²) in [5, 5.41) is 0. The first-order chi connectivity index (χ1) is 14.0. The molecule has 0 heteroatoms. The van der Waals surface area contributed by atoms with E-state index in [-0.39, 0.29) is 0 Å². The van der Waals surface area contributed by atoms with Crippen LogP contribution in [-0.2, 0) is 0 Å². The molecule has 4 rings (SSSR count). The van der Waals surface area contributed by atoms with E-state index in [0.717, 1.165) is 35.5 Å². The maximum absolute atomic E-state index is 2.78. The lowest BCUT2D eigenvalue weighted by Crippen LogP contribution is -2.60. The summed E-state index contributed by atoms with van der Waals surface area (Å²) in [6.45, 7) is 20.9. The third-order valence-electron chi connectivity index (χ3n) is 12.4. The molecule has 4 aliphatic rings. The maximum Gasteiger partial charge on any atom is -0.0235 e. The molecule has 174 valence electrons. The van der Waals surface area contributed by atoms with Gasteiger partial charge < -0.3 is 0 Å². The van der Waals surface area contributed by atoms with Gasteiger partial charge in [-0.15, -0.1) is 0 Å². The van der Waals surface area contributed by atoms with Crippen LogP contribution in [0.3, 0.4) is 0 Å². The van der Waals surface area contributed by atoms with E-state index in [2.05, 4.69) is 55.4 Å². The zero-order valence-corrected chi connectivity index (χ0v) is 21.9. The number of hydrogen-bond acceptors (Lipinski definition) is 0. The van der Waals surface area contributed by atoms with Crippen LogP contribution < -0.4 is 0 Å². The smallest absolute Gasteiger partial charge is 0.0235 e. The molecule has 0 radical (unpaired) electrons. The van der Waals surface area contributed by atoms with Gasteiger partial charge in [-0.1, -0.05) is 81.1 Å². The second kappa shape index (κ2) is 7.80. The van der Waals surface area contributed by atoms with Crippen LogP contribution in [0.15, 0.2) is 0 Å². The van der Waals surface area contributed by atoms with Crippen molar-refractivity contribution in [2.45, 2.75) is 132 Å². The quantitative estimate of drug-likeness (QED) is 0.420. The summed E-state index contributed by atoms with van der Waals surface area (Å²) in [5.41, 5.74) is 2.38. The molecular weight excluding hydrogens is 360 g/mol. The second-order valence-electron chi connectivity index (χ2n) is 14.5. The minimum atomic E-state index is 0.585. The minimum Gasteiger partial charge on any atom is -0.0628 e. The van der Waals surface area contributed by atoms with E-state index in [9.17, 15) is 0 Å². The van der Waals surface area contributed by atoms with Crippen LogP contribution in [0.25, 0.3) is 0 Å². The van der Waals surface area contributed by atoms with Crippen molar-refractivity contribution < 1.29 is 0 Å². The molecule has 0 aromatic rings. The topological polar surface area (TPSA) is 0 Å². The summed E-state index contributed by atoms with van der Waals surface area (Å²) in [6.07, 6.45) is 18.0. The van der Waals surface area contributed by atoms with Crippen molar-refractivity contribution in [2.24, 2.45) is 57.2 Å². The first-order valence-corrected chi connectivity index (χ1v) is 14.0. The standard InChI is InChI=1S/C30H54/c1-21(2)11-9-12-22(3)23-16-18-30(8)26-15-14-24-25(13-10-17-27(24,4)5)28(26,6)19-20-29(23,30)7/h21-26H,9-20H2,1-8H3. The number of hydrogen-bond donors (Lipinski definition) is 0. The van der Waals surface area contributed by atoms with Crippen molar-refractivity contribution >= 4 is 0 Å². The van der Waals surface area contributed by atoms with E-state index in [0.29, 0.717) is 21.7 Å². The highest BCUT2D eigenvalue weighted by molar-refractivity contribution is 5.16. The molecule has 0 heterocycles. The summed E-state index contributed by atoms with van der Waals surface area (Å²) in [4.78, 5) is 0. The SMILES string of the molecule is CC(C)CCCC(C)C1CCC2(C)C3CCC4C(CCCC4(C)C)C3(C)CCC12C. The van der Waals surface area contributed by atoms with Gasteiger partial charge in [0, 0.05) is 0 Å². The van der Waals surface area contributed by atoms with Crippen molar-refractivity contribution in [1.82, 2.24) is 0 Å². The highest BCUT2D eigenvalue weighted by Gasteiger charge is 2.67. The van der Waals surface area contributed by atoms with Crippen molar-refractivity contribution in [3.8, 4) is 0 Å². The van der Waals surface area contributed by atoms with Gasteiger partial charge in [0.2, 0.25) is 0 Å². The van der Waals surface area contributed by atoms with Crippen LogP contribution in [0, 0.1) is 57.2 Å². The molecule has 0 spiro atoms. The van der Waals surface area contributed by atoms with Gasteiger partial charge in [0.15, 0.2) is 0 Å². The van der Waals surface area contributed by atoms with Gasteiger partial charge in [-0.25, -0.2) is 0 Å². The lowest BCUT2D eigenvalue weighted by molar-refractivity contribution is -0.188. The van der Waals surface area contributed by atoms with E-state index in [1.54, 1.807) is 0 Å². The summed E-state index contributed by atoms with van der Waals surface area (Å²) in [6, 6.07) is 0. The Morgan fingerprint density at radius 1 is 0.700 bits per heavy atom. The Hall–Kier alpha value is 0. The van der Waals surface area contributed by atoms with Crippen molar-refractivity contribution in [3.05, 3.63) is 0 Å². The first kappa shape index (κ1) is 23.2. The molecule has 4 saturated carbocycles. The van der Waals surface area contributed by atoms with Gasteiger partial charge in [-0.05, 0) is 109 Å². The molecular formula is C30H54. The summed E-state index contributed by atoms with van der Waals surface area (Å²) in [7, 11) is 0. The molecule has 0 amide bonds. The zero-order chi connectivity index (χ0) is 21.9. The molecule has 4 fully saturated rings. The molecule has 0 aliphatic heterocycles. The lowest BCUT2D eigenvalue weighted by atomic mass is 9.37. The second-order valence-corrected chi connectivity index (χ2v) is 14.5. The first-order valence-electron chi connectivity index (χ1n) is 14.0. The molecule has 0 aromatic carbocycles. The fourth-order valence-corrected chi connectivity index (χ4v) is 10.4. The van der Waals surface area contributed by atoms with Gasteiger partial charge in [0.1, 0.15) is 0 Å². The average Bonchev–Trinajstić information content (AvgIpc) is 2.93. The van der Waals surface area contributed by atoms with Gasteiger partial charge in [0.05, 0.1) is 0 Å². The Morgan fingerprint density at radius 3 is 2.13 bits per heavy atom. The van der Waals surface area contributed by atoms with Crippen LogP contribution in [0.4, 0.5) is 0 Å². The van der Waals surface area contributed by atoms with Crippen molar-refractivity contribution in [1.29, 1.82) is 0 Å². The molecule has 4 aliphatic carbocycles. The monoisotopic (exact) mass is 414 g/mol. The highest BCUT2D eigenvalue weighted by atomic mass is 14.7. The Morgan fingerprint density at radius 2 is 1.43 bits per heavy atom. The summed E-state index contributed by atoms with van der Waals surface area (Å²) < 4.78 is 0. The fraction of sp³-hybridized carbons (Fsp3) is 1.00. The third kappa shape index (κ3) is 3.36. The highest BCUT2D eigenvalue weighted by Crippen LogP contribution is 2.75. The number of fused-ring (bicyclic) bond motifs is 5. The minimum absolute atomic E-state index is 0.585. The molecule has 0 bridgehead atoms. The summed E-state index contributed by atoms with van der Waals surface area (Å²) >= 11 is 0. The van der Waals surface area contributed by atoms with E-state index < -0.39 is 0 Å². The lowest BCUT2D eigenvalue weighted by Gasteiger charge is -2.67. The fourth-order valence-electron chi connectivity index (χ4n) is 10.4. The van der Waals surface area contributed by atoms with Crippen LogP contribution >= 0.6 is 0 Å². The van der Waals surface area contributed by atoms with Gasteiger partial charge in [0.25, 0.3) is 0 Å². The molecule has 0 N–H and O–H groups in total. The van der Waals surface area contributed by atoms with E-state index in [1.807, 2.05) is 0 Å². The zero-order valence-electron chi connectivity index (χ0n) is 21.9. The van der Waals surface area contributed by atoms with Crippen LogP contribution in [-0.4, -0.2) is 0 Å². The normalized spacial score (nSPS) is 48.7. The Kier molecular flexibility index (Phi) is 6.02. The Bertz CT molecular complexity index is 616. The number of rotatable bonds is 5. The van der Waals surface area contributed by atoms with E-state index >= 15 is 0 Å². The van der Waals surface area contributed by atoms with Gasteiger partial charge in [-0.2, -0.15) is 0 Å². The third-order valence-corrected chi connectivity index (χ3v) is 12.4. The summed E-state index contributed by atoms with van der Waals surface area (Å²) in [5.74, 6) is 5.74.